The van der Waals surface area contributed by atoms with Crippen molar-refractivity contribution in [2.75, 3.05) is 19.7 Å². The Morgan fingerprint density at radius 2 is 2.38 bits per heavy atom. The fourth-order valence-electron chi connectivity index (χ4n) is 2.64. The number of hydrogen-bond donors (Lipinski definition) is 1. The Hall–Kier alpha value is -1.50. The largest absolute Gasteiger partial charge is 0.481 e. The summed E-state index contributed by atoms with van der Waals surface area (Å²) in [5, 5.41) is 9.97. The van der Waals surface area contributed by atoms with Gasteiger partial charge in [0.1, 0.15) is 5.01 Å². The van der Waals surface area contributed by atoms with Crippen LogP contribution < -0.4 is 0 Å². The topological polar surface area (TPSA) is 62.7 Å². The predicted molar refractivity (Wildman–Crippen MR) is 81.6 cm³/mol. The van der Waals surface area contributed by atoms with Gasteiger partial charge in [0, 0.05) is 13.1 Å². The van der Waals surface area contributed by atoms with Gasteiger partial charge in [-0.3, -0.25) is 9.69 Å². The quantitative estimate of drug-likeness (QED) is 0.940. The minimum Gasteiger partial charge on any atom is -0.481 e. The second kappa shape index (κ2) is 6.09. The number of carboxylic acid groups (broad SMARTS) is 1. The zero-order valence-electron chi connectivity index (χ0n) is 11.9. The van der Waals surface area contributed by atoms with Crippen LogP contribution in [0.3, 0.4) is 0 Å². The first kappa shape index (κ1) is 14.4. The maximum Gasteiger partial charge on any atom is 0.306 e. The molecule has 1 saturated heterocycles. The molecule has 112 valence electrons. The molecule has 0 saturated carbocycles. The first-order chi connectivity index (χ1) is 10.1. The van der Waals surface area contributed by atoms with Crippen molar-refractivity contribution in [2.45, 2.75) is 25.5 Å². The highest BCUT2D eigenvalue weighted by Gasteiger charge is 2.27. The summed E-state index contributed by atoms with van der Waals surface area (Å²) in [6.07, 6.45) is -0.170. The third kappa shape index (κ3) is 3.23. The lowest BCUT2D eigenvalue weighted by Crippen LogP contribution is -2.44. The average Bonchev–Trinajstić information content (AvgIpc) is 2.90. The molecule has 1 aromatic heterocycles. The minimum atomic E-state index is -0.811. The van der Waals surface area contributed by atoms with Crippen LogP contribution in [0.1, 0.15) is 24.4 Å². The molecule has 0 amide bonds. The van der Waals surface area contributed by atoms with Gasteiger partial charge in [-0.25, -0.2) is 4.98 Å². The first-order valence-corrected chi connectivity index (χ1v) is 7.88. The molecular formula is C15H18N2O3S. The highest BCUT2D eigenvalue weighted by atomic mass is 32.1. The number of hydrogen-bond acceptors (Lipinski definition) is 5. The Morgan fingerprint density at radius 1 is 1.57 bits per heavy atom. The van der Waals surface area contributed by atoms with E-state index in [9.17, 15) is 4.79 Å². The third-order valence-electron chi connectivity index (χ3n) is 3.79. The monoisotopic (exact) mass is 306 g/mol. The van der Waals surface area contributed by atoms with Crippen LogP contribution in [-0.2, 0) is 9.53 Å². The molecule has 3 rings (SSSR count). The molecule has 0 aliphatic carbocycles. The second-order valence-electron chi connectivity index (χ2n) is 5.28. The number of fused-ring (bicyclic) bond motifs is 1. The van der Waals surface area contributed by atoms with Crippen molar-refractivity contribution in [3.05, 3.63) is 29.3 Å². The minimum absolute atomic E-state index is 0.0586. The molecule has 2 atom stereocenters. The molecule has 1 aliphatic rings. The number of aliphatic carboxylic acids is 1. The number of thiazole rings is 1. The van der Waals surface area contributed by atoms with Crippen molar-refractivity contribution >= 4 is 27.5 Å². The average molecular weight is 306 g/mol. The van der Waals surface area contributed by atoms with E-state index in [1.807, 2.05) is 18.2 Å². The zero-order chi connectivity index (χ0) is 14.8. The highest BCUT2D eigenvalue weighted by molar-refractivity contribution is 7.18. The van der Waals surface area contributed by atoms with Gasteiger partial charge in [0.15, 0.2) is 0 Å². The number of carbonyl (C=O) groups is 1. The van der Waals surface area contributed by atoms with Crippen LogP contribution in [0.2, 0.25) is 0 Å². The van der Waals surface area contributed by atoms with Crippen LogP contribution >= 0.6 is 11.3 Å². The summed E-state index contributed by atoms with van der Waals surface area (Å²) in [6, 6.07) is 8.30. The van der Waals surface area contributed by atoms with E-state index >= 15 is 0 Å². The molecular weight excluding hydrogens is 288 g/mol. The maximum atomic E-state index is 10.8. The molecule has 0 bridgehead atoms. The Bertz CT molecular complexity index is 610. The predicted octanol–water partition coefficient (Wildman–Crippen LogP) is 2.53. The Balaban J connectivity index is 1.74. The summed E-state index contributed by atoms with van der Waals surface area (Å²) in [4.78, 5) is 17.8. The summed E-state index contributed by atoms with van der Waals surface area (Å²) in [5.41, 5.74) is 1.03. The van der Waals surface area contributed by atoms with E-state index in [0.29, 0.717) is 13.2 Å². The molecule has 6 heteroatoms. The van der Waals surface area contributed by atoms with Crippen LogP contribution in [0.25, 0.3) is 10.2 Å². The lowest BCUT2D eigenvalue weighted by molar-refractivity contribution is -0.142. The van der Waals surface area contributed by atoms with Gasteiger partial charge in [0.2, 0.25) is 0 Å². The number of morpholine rings is 1. The van der Waals surface area contributed by atoms with Crippen LogP contribution in [0.5, 0.6) is 0 Å². The number of ether oxygens (including phenoxy) is 1. The number of benzene rings is 1. The molecule has 0 spiro atoms. The summed E-state index contributed by atoms with van der Waals surface area (Å²) in [5.74, 6) is -0.811. The van der Waals surface area contributed by atoms with Crippen molar-refractivity contribution in [1.29, 1.82) is 0 Å². The molecule has 2 unspecified atom stereocenters. The maximum absolute atomic E-state index is 10.8. The fraction of sp³-hybridized carbons (Fsp3) is 0.467. The molecule has 5 nitrogen and oxygen atoms in total. The van der Waals surface area contributed by atoms with Crippen molar-refractivity contribution in [3.63, 3.8) is 0 Å². The summed E-state index contributed by atoms with van der Waals surface area (Å²) in [6.45, 7) is 4.16. The number of aromatic nitrogens is 1. The Labute approximate surface area is 127 Å². The van der Waals surface area contributed by atoms with Gasteiger partial charge < -0.3 is 9.84 Å². The van der Waals surface area contributed by atoms with Crippen LogP contribution in [-0.4, -0.2) is 46.8 Å². The Morgan fingerprint density at radius 3 is 3.14 bits per heavy atom. The normalized spacial score (nSPS) is 21.5. The smallest absolute Gasteiger partial charge is 0.306 e. The van der Waals surface area contributed by atoms with Crippen molar-refractivity contribution in [1.82, 2.24) is 9.88 Å². The van der Waals surface area contributed by atoms with E-state index in [2.05, 4.69) is 17.9 Å². The van der Waals surface area contributed by atoms with E-state index in [0.717, 1.165) is 17.1 Å². The summed E-state index contributed by atoms with van der Waals surface area (Å²) >= 11 is 1.70. The summed E-state index contributed by atoms with van der Waals surface area (Å²) < 4.78 is 6.71. The van der Waals surface area contributed by atoms with Crippen molar-refractivity contribution in [2.24, 2.45) is 0 Å². The molecule has 0 radical (unpaired) electrons. The third-order valence-corrected chi connectivity index (χ3v) is 4.99. The highest BCUT2D eigenvalue weighted by Crippen LogP contribution is 2.30. The van der Waals surface area contributed by atoms with E-state index in [-0.39, 0.29) is 18.6 Å². The van der Waals surface area contributed by atoms with Gasteiger partial charge in [-0.05, 0) is 19.1 Å². The Kier molecular flexibility index (Phi) is 4.19. The van der Waals surface area contributed by atoms with Gasteiger partial charge >= 0.3 is 5.97 Å². The van der Waals surface area contributed by atoms with Crippen LogP contribution in [0.15, 0.2) is 24.3 Å². The van der Waals surface area contributed by atoms with Gasteiger partial charge in [0.05, 0.1) is 35.4 Å². The molecule has 1 N–H and O–H groups in total. The zero-order valence-corrected chi connectivity index (χ0v) is 12.7. The van der Waals surface area contributed by atoms with Crippen LogP contribution in [0.4, 0.5) is 0 Å². The first-order valence-electron chi connectivity index (χ1n) is 7.06. The van der Waals surface area contributed by atoms with Gasteiger partial charge in [-0.1, -0.05) is 12.1 Å². The molecule has 2 aromatic rings. The number of para-hydroxylation sites is 1. The van der Waals surface area contributed by atoms with Crippen LogP contribution in [0, 0.1) is 0 Å². The summed E-state index contributed by atoms with van der Waals surface area (Å²) in [7, 11) is 0. The molecule has 2 heterocycles. The van der Waals surface area contributed by atoms with E-state index in [1.165, 1.54) is 4.70 Å². The number of carboxylic acids is 1. The molecule has 1 aliphatic heterocycles. The molecule has 21 heavy (non-hydrogen) atoms. The van der Waals surface area contributed by atoms with E-state index in [4.69, 9.17) is 14.8 Å². The number of rotatable bonds is 4. The van der Waals surface area contributed by atoms with Crippen molar-refractivity contribution in [3.8, 4) is 0 Å². The van der Waals surface area contributed by atoms with E-state index in [1.54, 1.807) is 11.3 Å². The standard InChI is InChI=1S/C15H18N2O3S/c1-10(15-16-12-4-2-3-5-13(12)21-15)17-6-7-20-11(9-17)8-14(18)19/h2-5,10-11H,6-9H2,1H3,(H,18,19). The second-order valence-corrected chi connectivity index (χ2v) is 6.34. The van der Waals surface area contributed by atoms with Crippen molar-refractivity contribution < 1.29 is 14.6 Å². The van der Waals surface area contributed by atoms with Gasteiger partial charge in [-0.15, -0.1) is 11.3 Å². The molecule has 1 fully saturated rings. The number of nitrogens with zero attached hydrogens (tertiary/aromatic N) is 2. The lowest BCUT2D eigenvalue weighted by Gasteiger charge is -2.35. The van der Waals surface area contributed by atoms with Gasteiger partial charge in [-0.2, -0.15) is 0 Å². The molecule has 1 aromatic carbocycles. The van der Waals surface area contributed by atoms with E-state index < -0.39 is 5.97 Å². The SMILES string of the molecule is CC(c1nc2ccccc2s1)N1CCOC(CC(=O)O)C1. The van der Waals surface area contributed by atoms with Gasteiger partial charge in [0.25, 0.3) is 0 Å². The fourth-order valence-corrected chi connectivity index (χ4v) is 3.69. The lowest BCUT2D eigenvalue weighted by atomic mass is 10.1.